The van der Waals surface area contributed by atoms with Crippen LogP contribution in [0.2, 0.25) is 0 Å². The predicted octanol–water partition coefficient (Wildman–Crippen LogP) is 2.59. The minimum Gasteiger partial charge on any atom is -0.325 e. The first-order valence-electron chi connectivity index (χ1n) is 6.60. The Morgan fingerprint density at radius 3 is 2.78 bits per heavy atom. The van der Waals surface area contributed by atoms with Crippen molar-refractivity contribution in [2.24, 2.45) is 0 Å². The minimum atomic E-state index is 0.877. The third-order valence-corrected chi connectivity index (χ3v) is 2.95. The average molecular weight is 244 g/mol. The lowest BCUT2D eigenvalue weighted by molar-refractivity contribution is 0.676. The monoisotopic (exact) mass is 244 g/mol. The van der Waals surface area contributed by atoms with Crippen LogP contribution in [0.3, 0.4) is 0 Å². The molecule has 1 aliphatic heterocycles. The van der Waals surface area contributed by atoms with Crippen LogP contribution in [0.25, 0.3) is 11.5 Å². The third kappa shape index (κ3) is 2.16. The van der Waals surface area contributed by atoms with Crippen molar-refractivity contribution in [3.8, 4) is 11.5 Å². The lowest BCUT2D eigenvalue weighted by Gasteiger charge is -2.07. The lowest BCUT2D eigenvalue weighted by Crippen LogP contribution is -2.08. The highest BCUT2D eigenvalue weighted by Crippen LogP contribution is 2.23. The van der Waals surface area contributed by atoms with Gasteiger partial charge in [-0.25, -0.2) is 4.98 Å². The molecule has 0 saturated heterocycles. The van der Waals surface area contributed by atoms with Gasteiger partial charge in [-0.05, 0) is 19.1 Å². The van der Waals surface area contributed by atoms with Crippen molar-refractivity contribution in [2.75, 3.05) is 0 Å². The van der Waals surface area contributed by atoms with Gasteiger partial charge in [-0.15, -0.1) is 0 Å². The van der Waals surface area contributed by atoms with Gasteiger partial charge in [0.2, 0.25) is 0 Å². The summed E-state index contributed by atoms with van der Waals surface area (Å²) < 4.78 is 2.25. The van der Waals surface area contributed by atoms with Crippen LogP contribution in [0, 0.1) is 0 Å². The number of nitrogens with zero attached hydrogens (tertiary/aromatic N) is 3. The van der Waals surface area contributed by atoms with Gasteiger partial charge < -0.3 is 9.88 Å². The molecule has 0 amide bonds. The first kappa shape index (κ1) is 12.8. The molecule has 0 atom stereocenters. The number of rotatable bonds is 2. The molecule has 4 nitrogen and oxygen atoms in total. The largest absolute Gasteiger partial charge is 0.325 e. The van der Waals surface area contributed by atoms with Crippen LogP contribution < -0.4 is 5.32 Å². The lowest BCUT2D eigenvalue weighted by atomic mass is 10.3. The van der Waals surface area contributed by atoms with E-state index in [2.05, 4.69) is 26.8 Å². The quantitative estimate of drug-likeness (QED) is 0.883. The van der Waals surface area contributed by atoms with Crippen LogP contribution in [0.1, 0.15) is 32.2 Å². The second-order valence-electron chi connectivity index (χ2n) is 3.89. The van der Waals surface area contributed by atoms with E-state index in [1.165, 1.54) is 11.4 Å². The molecule has 1 aliphatic rings. The number of hydrogen-bond acceptors (Lipinski definition) is 3. The van der Waals surface area contributed by atoms with E-state index in [1.54, 1.807) is 0 Å². The van der Waals surface area contributed by atoms with E-state index in [0.29, 0.717) is 0 Å². The fourth-order valence-corrected chi connectivity index (χ4v) is 2.21. The second kappa shape index (κ2) is 5.78. The maximum atomic E-state index is 4.67. The molecule has 1 N–H and O–H groups in total. The van der Waals surface area contributed by atoms with Crippen molar-refractivity contribution in [1.29, 1.82) is 0 Å². The van der Waals surface area contributed by atoms with Crippen LogP contribution in [0.5, 0.6) is 0 Å². The SMILES string of the molecule is CC.CCn1c(-c2ccccn2)nc2c1CNC2. The summed E-state index contributed by atoms with van der Waals surface area (Å²) in [7, 11) is 0. The summed E-state index contributed by atoms with van der Waals surface area (Å²) in [4.78, 5) is 9.04. The van der Waals surface area contributed by atoms with Crippen LogP contribution in [-0.4, -0.2) is 14.5 Å². The number of fused-ring (bicyclic) bond motifs is 1. The second-order valence-corrected chi connectivity index (χ2v) is 3.89. The Bertz CT molecular complexity index is 502. The van der Waals surface area contributed by atoms with Gasteiger partial charge >= 0.3 is 0 Å². The van der Waals surface area contributed by atoms with E-state index in [0.717, 1.165) is 31.2 Å². The Morgan fingerprint density at radius 1 is 1.28 bits per heavy atom. The normalized spacial score (nSPS) is 12.8. The highest BCUT2D eigenvalue weighted by Gasteiger charge is 2.21. The van der Waals surface area contributed by atoms with Crippen LogP contribution in [0.15, 0.2) is 24.4 Å². The Labute approximate surface area is 108 Å². The summed E-state index contributed by atoms with van der Waals surface area (Å²) >= 11 is 0. The van der Waals surface area contributed by atoms with E-state index in [1.807, 2.05) is 38.2 Å². The number of hydrogen-bond donors (Lipinski definition) is 1. The molecule has 96 valence electrons. The topological polar surface area (TPSA) is 42.7 Å². The number of nitrogens with one attached hydrogen (secondary N) is 1. The first-order valence-corrected chi connectivity index (χ1v) is 6.60. The predicted molar refractivity (Wildman–Crippen MR) is 73.0 cm³/mol. The summed E-state index contributed by atoms with van der Waals surface area (Å²) in [5, 5.41) is 3.32. The fourth-order valence-electron chi connectivity index (χ4n) is 2.21. The van der Waals surface area contributed by atoms with E-state index in [4.69, 9.17) is 0 Å². The van der Waals surface area contributed by atoms with E-state index in [9.17, 15) is 0 Å². The molecule has 2 aromatic rings. The van der Waals surface area contributed by atoms with Crippen molar-refractivity contribution in [2.45, 2.75) is 40.4 Å². The van der Waals surface area contributed by atoms with Crippen molar-refractivity contribution in [1.82, 2.24) is 19.9 Å². The first-order chi connectivity index (χ1) is 8.90. The maximum absolute atomic E-state index is 4.67. The van der Waals surface area contributed by atoms with Gasteiger partial charge in [-0.3, -0.25) is 4.98 Å². The third-order valence-electron chi connectivity index (χ3n) is 2.95. The molecule has 0 aromatic carbocycles. The number of aromatic nitrogens is 3. The molecule has 0 saturated carbocycles. The van der Waals surface area contributed by atoms with Crippen molar-refractivity contribution >= 4 is 0 Å². The summed E-state index contributed by atoms with van der Waals surface area (Å²) in [6.45, 7) is 8.88. The van der Waals surface area contributed by atoms with Crippen LogP contribution in [-0.2, 0) is 19.6 Å². The van der Waals surface area contributed by atoms with Crippen LogP contribution >= 0.6 is 0 Å². The van der Waals surface area contributed by atoms with Gasteiger partial charge in [0.15, 0.2) is 5.82 Å². The molecule has 3 rings (SSSR count). The van der Waals surface area contributed by atoms with E-state index < -0.39 is 0 Å². The molecular formula is C14H20N4. The molecule has 18 heavy (non-hydrogen) atoms. The summed E-state index contributed by atoms with van der Waals surface area (Å²) in [6.07, 6.45) is 1.81. The highest BCUT2D eigenvalue weighted by atomic mass is 15.2. The Kier molecular flexibility index (Phi) is 4.10. The van der Waals surface area contributed by atoms with Gasteiger partial charge in [-0.1, -0.05) is 19.9 Å². The van der Waals surface area contributed by atoms with Gasteiger partial charge in [0.1, 0.15) is 5.69 Å². The number of pyridine rings is 1. The zero-order valence-corrected chi connectivity index (χ0v) is 11.3. The molecule has 0 bridgehead atoms. The minimum absolute atomic E-state index is 0.877. The molecular weight excluding hydrogens is 224 g/mol. The summed E-state index contributed by atoms with van der Waals surface area (Å²) in [6, 6.07) is 5.94. The van der Waals surface area contributed by atoms with Gasteiger partial charge in [-0.2, -0.15) is 0 Å². The van der Waals surface area contributed by atoms with E-state index >= 15 is 0 Å². The highest BCUT2D eigenvalue weighted by molar-refractivity contribution is 5.52. The molecule has 4 heteroatoms. The molecule has 0 unspecified atom stereocenters. The Hall–Kier alpha value is -1.68. The molecule has 3 heterocycles. The average Bonchev–Trinajstić information content (AvgIpc) is 3.02. The summed E-state index contributed by atoms with van der Waals surface area (Å²) in [5.74, 6) is 0.995. The maximum Gasteiger partial charge on any atom is 0.159 e. The molecule has 2 aromatic heterocycles. The number of imidazole rings is 1. The zero-order chi connectivity index (χ0) is 13.0. The molecule has 0 radical (unpaired) electrons. The molecule has 0 spiro atoms. The van der Waals surface area contributed by atoms with Gasteiger partial charge in [0, 0.05) is 25.8 Å². The Balaban J connectivity index is 0.000000574. The Morgan fingerprint density at radius 2 is 2.11 bits per heavy atom. The molecule has 0 fully saturated rings. The van der Waals surface area contributed by atoms with E-state index in [-0.39, 0.29) is 0 Å². The molecule has 0 aliphatic carbocycles. The smallest absolute Gasteiger partial charge is 0.159 e. The van der Waals surface area contributed by atoms with Crippen molar-refractivity contribution in [3.05, 3.63) is 35.8 Å². The van der Waals surface area contributed by atoms with Crippen molar-refractivity contribution in [3.63, 3.8) is 0 Å². The van der Waals surface area contributed by atoms with Crippen molar-refractivity contribution < 1.29 is 0 Å². The fraction of sp³-hybridized carbons (Fsp3) is 0.429. The summed E-state index contributed by atoms with van der Waals surface area (Å²) in [5.41, 5.74) is 3.43. The van der Waals surface area contributed by atoms with Crippen LogP contribution in [0.4, 0.5) is 0 Å². The van der Waals surface area contributed by atoms with Gasteiger partial charge in [0.05, 0.1) is 11.4 Å². The standard InChI is InChI=1S/C12H14N4.C2H6/c1-2-16-11-8-13-7-10(11)15-12(16)9-5-3-4-6-14-9;1-2/h3-6,13H,2,7-8H2,1H3;1-2H3. The van der Waals surface area contributed by atoms with Gasteiger partial charge in [0.25, 0.3) is 0 Å². The zero-order valence-electron chi connectivity index (χ0n) is 11.3.